The van der Waals surface area contributed by atoms with Gasteiger partial charge in [-0.25, -0.2) is 0 Å². The first kappa shape index (κ1) is 15.4. The van der Waals surface area contributed by atoms with Crippen molar-refractivity contribution in [1.82, 2.24) is 4.90 Å². The highest BCUT2D eigenvalue weighted by atomic mass is 35.5. The number of carbonyl (C=O) groups is 1. The van der Waals surface area contributed by atoms with Gasteiger partial charge in [0.2, 0.25) is 0 Å². The van der Waals surface area contributed by atoms with Crippen LogP contribution in [0.15, 0.2) is 24.3 Å². The number of hydrogen-bond acceptors (Lipinski definition) is 5. The molecule has 1 spiro atoms. The zero-order valence-electron chi connectivity index (χ0n) is 12.7. The van der Waals surface area contributed by atoms with E-state index in [0.717, 1.165) is 24.3 Å². The molecule has 2 atom stereocenters. The van der Waals surface area contributed by atoms with Gasteiger partial charge >= 0.3 is 0 Å². The Kier molecular flexibility index (Phi) is 4.03. The molecule has 0 radical (unpaired) electrons. The molecule has 1 aromatic carbocycles. The van der Waals surface area contributed by atoms with Crippen LogP contribution in [0, 0.1) is 0 Å². The number of hydrogen-bond donors (Lipinski definition) is 0. The summed E-state index contributed by atoms with van der Waals surface area (Å²) in [6.45, 7) is 3.84. The fraction of sp³-hybridized carbons (Fsp3) is 0.562. The van der Waals surface area contributed by atoms with Crippen molar-refractivity contribution < 1.29 is 19.0 Å². The van der Waals surface area contributed by atoms with Gasteiger partial charge in [0.1, 0.15) is 0 Å². The molecule has 2 fully saturated rings. The third-order valence-corrected chi connectivity index (χ3v) is 4.84. The lowest BCUT2D eigenvalue weighted by Crippen LogP contribution is -2.49. The Morgan fingerprint density at radius 1 is 1.26 bits per heavy atom. The summed E-state index contributed by atoms with van der Waals surface area (Å²) < 4.78 is 17.1. The fourth-order valence-electron chi connectivity index (χ4n) is 3.32. The maximum absolute atomic E-state index is 13.1. The average Bonchev–Trinajstić information content (AvgIpc) is 3.13. The van der Waals surface area contributed by atoms with E-state index < -0.39 is 5.79 Å². The van der Waals surface area contributed by atoms with Crippen molar-refractivity contribution in [3.63, 3.8) is 0 Å². The van der Waals surface area contributed by atoms with Gasteiger partial charge in [-0.1, -0.05) is 18.2 Å². The van der Waals surface area contributed by atoms with E-state index in [2.05, 4.69) is 4.90 Å². The molecule has 0 bridgehead atoms. The van der Waals surface area contributed by atoms with Crippen LogP contribution in [0.25, 0.3) is 0 Å². The molecule has 0 aromatic heterocycles. The van der Waals surface area contributed by atoms with Gasteiger partial charge in [-0.15, -0.1) is 11.6 Å². The fourth-order valence-corrected chi connectivity index (χ4v) is 3.47. The number of carbonyl (C=O) groups excluding carboxylic acids is 1. The van der Waals surface area contributed by atoms with Gasteiger partial charge in [0.15, 0.2) is 0 Å². The number of nitrogens with zero attached hydrogens (tertiary/aromatic N) is 2. The molecule has 0 N–H and O–H groups in total. The normalized spacial score (nSPS) is 31.1. The van der Waals surface area contributed by atoms with Crippen LogP contribution in [-0.2, 0) is 24.8 Å². The number of anilines is 1. The van der Waals surface area contributed by atoms with E-state index in [-0.39, 0.29) is 12.0 Å². The van der Waals surface area contributed by atoms with Crippen molar-refractivity contribution in [1.29, 1.82) is 0 Å². The highest BCUT2D eigenvalue weighted by Gasteiger charge is 2.58. The molecule has 0 unspecified atom stereocenters. The predicted molar refractivity (Wildman–Crippen MR) is 84.4 cm³/mol. The molecule has 23 heavy (non-hydrogen) atoms. The molecule has 4 rings (SSSR count). The summed E-state index contributed by atoms with van der Waals surface area (Å²) in [6, 6.07) is 7.64. The molecule has 6 nitrogen and oxygen atoms in total. The average molecular weight is 339 g/mol. The number of amides is 1. The molecule has 3 heterocycles. The lowest BCUT2D eigenvalue weighted by molar-refractivity contribution is -0.185. The first-order valence-corrected chi connectivity index (χ1v) is 8.37. The smallest absolute Gasteiger partial charge is 0.293 e. The van der Waals surface area contributed by atoms with E-state index in [1.165, 1.54) is 0 Å². The van der Waals surface area contributed by atoms with Gasteiger partial charge < -0.3 is 14.2 Å². The zero-order valence-corrected chi connectivity index (χ0v) is 13.5. The molecule has 1 amide bonds. The number of alkyl halides is 1. The van der Waals surface area contributed by atoms with E-state index in [1.54, 1.807) is 4.90 Å². The first-order valence-electron chi connectivity index (χ1n) is 7.84. The summed E-state index contributed by atoms with van der Waals surface area (Å²) in [5.41, 5.74) is 1.62. The second-order valence-electron chi connectivity index (χ2n) is 5.94. The summed E-state index contributed by atoms with van der Waals surface area (Å²) in [5.74, 6) is -1.19. The third-order valence-electron chi connectivity index (χ3n) is 4.50. The number of halogens is 1. The molecular weight excluding hydrogens is 320 g/mol. The van der Waals surface area contributed by atoms with Crippen LogP contribution in [0.2, 0.25) is 0 Å². The predicted octanol–water partition coefficient (Wildman–Crippen LogP) is 1.13. The quantitative estimate of drug-likeness (QED) is 0.773. The van der Waals surface area contributed by atoms with E-state index >= 15 is 0 Å². The minimum Gasteiger partial charge on any atom is -0.379 e. The molecule has 3 aliphatic heterocycles. The Balaban J connectivity index is 1.65. The minimum absolute atomic E-state index is 0.169. The molecule has 2 saturated heterocycles. The van der Waals surface area contributed by atoms with Crippen molar-refractivity contribution >= 4 is 23.2 Å². The molecule has 0 aliphatic carbocycles. The van der Waals surface area contributed by atoms with Gasteiger partial charge in [0.25, 0.3) is 11.7 Å². The Hall–Kier alpha value is -1.18. The van der Waals surface area contributed by atoms with Crippen LogP contribution in [0.3, 0.4) is 0 Å². The third kappa shape index (κ3) is 2.45. The number of fused-ring (bicyclic) bond motifs is 2. The lowest BCUT2D eigenvalue weighted by Gasteiger charge is -2.31. The first-order chi connectivity index (χ1) is 11.2. The second kappa shape index (κ2) is 6.03. The highest BCUT2D eigenvalue weighted by molar-refractivity contribution is 6.18. The van der Waals surface area contributed by atoms with Crippen LogP contribution in [0.4, 0.5) is 5.69 Å². The highest BCUT2D eigenvalue weighted by Crippen LogP contribution is 2.47. The Bertz CT molecular complexity index is 607. The molecule has 3 aliphatic rings. The van der Waals surface area contributed by atoms with Crippen molar-refractivity contribution in [3.05, 3.63) is 29.8 Å². The summed E-state index contributed by atoms with van der Waals surface area (Å²) in [7, 11) is 0. The van der Waals surface area contributed by atoms with Gasteiger partial charge in [0.05, 0.1) is 44.2 Å². The standard InChI is InChI=1S/C16H19ClN2O4/c17-9-12-10-22-16(23-12)13-3-1-2-4-14(13)19(15(16)20)11-18-5-7-21-8-6-18/h1-4,12H,5-11H2/t12-,16-/m0/s1. The van der Waals surface area contributed by atoms with Gasteiger partial charge in [-0.05, 0) is 6.07 Å². The maximum atomic E-state index is 13.1. The molecule has 7 heteroatoms. The molecular formula is C16H19ClN2O4. The Morgan fingerprint density at radius 3 is 2.78 bits per heavy atom. The molecule has 124 valence electrons. The Labute approximate surface area is 139 Å². The van der Waals surface area contributed by atoms with Crippen molar-refractivity contribution in [2.24, 2.45) is 0 Å². The lowest BCUT2D eigenvalue weighted by atomic mass is 10.1. The number of morpholine rings is 1. The van der Waals surface area contributed by atoms with Crippen LogP contribution in [0.1, 0.15) is 5.56 Å². The van der Waals surface area contributed by atoms with Crippen molar-refractivity contribution in [2.75, 3.05) is 50.4 Å². The van der Waals surface area contributed by atoms with Crippen LogP contribution in [-0.4, -0.2) is 62.4 Å². The van der Waals surface area contributed by atoms with Gasteiger partial charge in [-0.3, -0.25) is 14.6 Å². The number of para-hydroxylation sites is 1. The van der Waals surface area contributed by atoms with Crippen molar-refractivity contribution in [2.45, 2.75) is 11.9 Å². The van der Waals surface area contributed by atoms with E-state index in [9.17, 15) is 4.79 Å². The summed E-state index contributed by atoms with van der Waals surface area (Å²) >= 11 is 5.88. The minimum atomic E-state index is -1.33. The van der Waals surface area contributed by atoms with E-state index in [1.807, 2.05) is 24.3 Å². The number of ether oxygens (including phenoxy) is 3. The summed E-state index contributed by atoms with van der Waals surface area (Å²) in [6.07, 6.45) is -0.267. The van der Waals surface area contributed by atoms with E-state index in [4.69, 9.17) is 25.8 Å². The second-order valence-corrected chi connectivity index (χ2v) is 6.25. The van der Waals surface area contributed by atoms with Crippen LogP contribution >= 0.6 is 11.6 Å². The van der Waals surface area contributed by atoms with Crippen molar-refractivity contribution in [3.8, 4) is 0 Å². The largest absolute Gasteiger partial charge is 0.379 e. The van der Waals surface area contributed by atoms with E-state index in [0.29, 0.717) is 32.4 Å². The van der Waals surface area contributed by atoms with Gasteiger partial charge in [-0.2, -0.15) is 0 Å². The Morgan fingerprint density at radius 2 is 2.04 bits per heavy atom. The van der Waals surface area contributed by atoms with Crippen LogP contribution < -0.4 is 4.90 Å². The summed E-state index contributed by atoms with van der Waals surface area (Å²) in [4.78, 5) is 17.0. The maximum Gasteiger partial charge on any atom is 0.293 e. The number of benzene rings is 1. The molecule has 0 saturated carbocycles. The monoisotopic (exact) mass is 338 g/mol. The SMILES string of the molecule is O=C1N(CN2CCOCC2)c2ccccc2[C@@]12OC[C@H](CCl)O2. The topological polar surface area (TPSA) is 51.2 Å². The molecule has 1 aromatic rings. The zero-order chi connectivity index (χ0) is 15.9. The summed E-state index contributed by atoms with van der Waals surface area (Å²) in [5, 5.41) is 0. The van der Waals surface area contributed by atoms with Crippen LogP contribution in [0.5, 0.6) is 0 Å². The van der Waals surface area contributed by atoms with Gasteiger partial charge in [0, 0.05) is 18.7 Å². The number of rotatable bonds is 3.